The Labute approximate surface area is 129 Å². The van der Waals surface area contributed by atoms with E-state index < -0.39 is 0 Å². The lowest BCUT2D eigenvalue weighted by Crippen LogP contribution is -2.33. The van der Waals surface area contributed by atoms with E-state index in [1.807, 2.05) is 41.3 Å². The van der Waals surface area contributed by atoms with Gasteiger partial charge in [-0.15, -0.1) is 11.3 Å². The Hall–Kier alpha value is -1.81. The van der Waals surface area contributed by atoms with Gasteiger partial charge in [0.2, 0.25) is 5.91 Å². The van der Waals surface area contributed by atoms with Crippen LogP contribution in [0.2, 0.25) is 0 Å². The molecule has 0 unspecified atom stereocenters. The number of ether oxygens (including phenoxy) is 1. The molecule has 0 bridgehead atoms. The van der Waals surface area contributed by atoms with Crippen molar-refractivity contribution in [2.24, 2.45) is 0 Å². The van der Waals surface area contributed by atoms with E-state index in [9.17, 15) is 4.79 Å². The highest BCUT2D eigenvalue weighted by Crippen LogP contribution is 2.29. The summed E-state index contributed by atoms with van der Waals surface area (Å²) in [5, 5.41) is 2.06. The third-order valence-corrected chi connectivity index (χ3v) is 4.40. The molecular weight excluding hydrogens is 282 g/mol. The molecule has 1 aromatic heterocycles. The van der Waals surface area contributed by atoms with E-state index in [-0.39, 0.29) is 5.91 Å². The van der Waals surface area contributed by atoms with Gasteiger partial charge in [-0.05, 0) is 36.4 Å². The second-order valence-electron chi connectivity index (χ2n) is 5.24. The summed E-state index contributed by atoms with van der Waals surface area (Å²) in [5.41, 5.74) is 0. The quantitative estimate of drug-likeness (QED) is 0.780. The van der Waals surface area contributed by atoms with Crippen molar-refractivity contribution in [1.29, 1.82) is 0 Å². The molecule has 0 saturated heterocycles. The van der Waals surface area contributed by atoms with Gasteiger partial charge >= 0.3 is 0 Å². The molecule has 0 N–H and O–H groups in total. The number of amides is 1. The van der Waals surface area contributed by atoms with Crippen molar-refractivity contribution in [3.05, 3.63) is 52.7 Å². The molecule has 110 valence electrons. The van der Waals surface area contributed by atoms with Crippen molar-refractivity contribution in [2.75, 3.05) is 6.61 Å². The molecule has 1 aliphatic carbocycles. The molecule has 3 rings (SSSR count). The molecule has 1 heterocycles. The number of thiophene rings is 1. The van der Waals surface area contributed by atoms with Crippen LogP contribution in [0.15, 0.2) is 47.8 Å². The van der Waals surface area contributed by atoms with Crippen LogP contribution in [0.4, 0.5) is 0 Å². The summed E-state index contributed by atoms with van der Waals surface area (Å²) in [5.74, 6) is 1.02. The summed E-state index contributed by atoms with van der Waals surface area (Å²) in [6.07, 6.45) is 2.71. The van der Waals surface area contributed by atoms with Gasteiger partial charge in [0.25, 0.3) is 0 Å². The van der Waals surface area contributed by atoms with E-state index in [2.05, 4.69) is 11.4 Å². The van der Waals surface area contributed by atoms with Crippen LogP contribution in [0.1, 0.15) is 24.1 Å². The molecular formula is C17H19NO2S. The third kappa shape index (κ3) is 4.08. The molecule has 1 aromatic carbocycles. The largest absolute Gasteiger partial charge is 0.493 e. The Bertz CT molecular complexity index is 564. The van der Waals surface area contributed by atoms with Crippen LogP contribution in [0.3, 0.4) is 0 Å². The van der Waals surface area contributed by atoms with Gasteiger partial charge in [-0.2, -0.15) is 0 Å². The summed E-state index contributed by atoms with van der Waals surface area (Å²) >= 11 is 1.71. The van der Waals surface area contributed by atoms with Crippen LogP contribution in [-0.4, -0.2) is 23.5 Å². The summed E-state index contributed by atoms with van der Waals surface area (Å²) in [6, 6.07) is 14.2. The fraction of sp³-hybridized carbons (Fsp3) is 0.353. The summed E-state index contributed by atoms with van der Waals surface area (Å²) in [7, 11) is 0. The van der Waals surface area contributed by atoms with Gasteiger partial charge in [0.1, 0.15) is 5.75 Å². The number of benzene rings is 1. The Morgan fingerprint density at radius 3 is 2.67 bits per heavy atom. The smallest absolute Gasteiger partial charge is 0.226 e. The van der Waals surface area contributed by atoms with Gasteiger partial charge in [-0.1, -0.05) is 24.3 Å². The van der Waals surface area contributed by atoms with Crippen molar-refractivity contribution in [2.45, 2.75) is 31.8 Å². The number of para-hydroxylation sites is 1. The maximum atomic E-state index is 12.4. The van der Waals surface area contributed by atoms with E-state index in [4.69, 9.17) is 4.74 Å². The number of carbonyl (C=O) groups is 1. The maximum absolute atomic E-state index is 12.4. The molecule has 1 saturated carbocycles. The SMILES string of the molecule is O=C(CCOc1ccccc1)N(Cc1cccs1)C1CC1. The number of hydrogen-bond donors (Lipinski definition) is 0. The standard InChI is InChI=1S/C17H19NO2S/c19-17(10-11-20-15-5-2-1-3-6-15)18(14-8-9-14)13-16-7-4-12-21-16/h1-7,12,14H,8-11,13H2. The second-order valence-corrected chi connectivity index (χ2v) is 6.28. The van der Waals surface area contributed by atoms with Crippen LogP contribution in [0.5, 0.6) is 5.75 Å². The van der Waals surface area contributed by atoms with Gasteiger partial charge in [-0.25, -0.2) is 0 Å². The van der Waals surface area contributed by atoms with Crippen molar-refractivity contribution < 1.29 is 9.53 Å². The molecule has 2 aromatic rings. The highest BCUT2D eigenvalue weighted by Gasteiger charge is 2.32. The lowest BCUT2D eigenvalue weighted by Gasteiger charge is -2.21. The summed E-state index contributed by atoms with van der Waals surface area (Å²) in [6.45, 7) is 1.18. The monoisotopic (exact) mass is 301 g/mol. The number of nitrogens with zero attached hydrogens (tertiary/aromatic N) is 1. The van der Waals surface area contributed by atoms with E-state index in [0.717, 1.165) is 25.1 Å². The van der Waals surface area contributed by atoms with Gasteiger partial charge in [0, 0.05) is 10.9 Å². The lowest BCUT2D eigenvalue weighted by atomic mass is 10.3. The molecule has 21 heavy (non-hydrogen) atoms. The molecule has 0 atom stereocenters. The number of hydrogen-bond acceptors (Lipinski definition) is 3. The molecule has 4 heteroatoms. The van der Waals surface area contributed by atoms with Gasteiger partial charge < -0.3 is 9.64 Å². The topological polar surface area (TPSA) is 29.5 Å². The van der Waals surface area contributed by atoms with Crippen molar-refractivity contribution >= 4 is 17.2 Å². The fourth-order valence-electron chi connectivity index (χ4n) is 2.29. The molecule has 0 aliphatic heterocycles. The minimum atomic E-state index is 0.196. The molecule has 1 amide bonds. The second kappa shape index (κ2) is 6.76. The fourth-order valence-corrected chi connectivity index (χ4v) is 3.00. The Morgan fingerprint density at radius 1 is 1.19 bits per heavy atom. The summed E-state index contributed by atoms with van der Waals surface area (Å²) < 4.78 is 5.62. The first-order chi connectivity index (χ1) is 10.3. The van der Waals surface area contributed by atoms with Crippen LogP contribution in [-0.2, 0) is 11.3 Å². The molecule has 1 aliphatic rings. The Morgan fingerprint density at radius 2 is 2.00 bits per heavy atom. The number of rotatable bonds is 7. The van der Waals surface area contributed by atoms with E-state index in [1.54, 1.807) is 11.3 Å². The minimum absolute atomic E-state index is 0.196. The molecule has 0 radical (unpaired) electrons. The van der Waals surface area contributed by atoms with E-state index >= 15 is 0 Å². The highest BCUT2D eigenvalue weighted by atomic mass is 32.1. The zero-order valence-corrected chi connectivity index (χ0v) is 12.7. The Kier molecular flexibility index (Phi) is 4.55. The first kappa shape index (κ1) is 14.1. The van der Waals surface area contributed by atoms with Crippen LogP contribution in [0, 0.1) is 0 Å². The van der Waals surface area contributed by atoms with Gasteiger partial charge in [-0.3, -0.25) is 4.79 Å². The van der Waals surface area contributed by atoms with Crippen LogP contribution >= 0.6 is 11.3 Å². The number of carbonyl (C=O) groups excluding carboxylic acids is 1. The van der Waals surface area contributed by atoms with Crippen LogP contribution in [0.25, 0.3) is 0 Å². The first-order valence-corrected chi connectivity index (χ1v) is 8.20. The highest BCUT2D eigenvalue weighted by molar-refractivity contribution is 7.09. The van der Waals surface area contributed by atoms with Crippen LogP contribution < -0.4 is 4.74 Å². The first-order valence-electron chi connectivity index (χ1n) is 7.32. The molecule has 3 nitrogen and oxygen atoms in total. The normalized spacial score (nSPS) is 13.9. The lowest BCUT2D eigenvalue weighted by molar-refractivity contribution is -0.132. The predicted octanol–water partition coefficient (Wildman–Crippen LogP) is 3.71. The van der Waals surface area contributed by atoms with E-state index in [0.29, 0.717) is 19.1 Å². The minimum Gasteiger partial charge on any atom is -0.493 e. The van der Waals surface area contributed by atoms with Crippen molar-refractivity contribution in [1.82, 2.24) is 4.90 Å². The van der Waals surface area contributed by atoms with Crippen molar-refractivity contribution in [3.8, 4) is 5.75 Å². The molecule has 0 spiro atoms. The van der Waals surface area contributed by atoms with Gasteiger partial charge in [0.15, 0.2) is 0 Å². The zero-order chi connectivity index (χ0) is 14.5. The van der Waals surface area contributed by atoms with E-state index in [1.165, 1.54) is 4.88 Å². The third-order valence-electron chi connectivity index (χ3n) is 3.54. The summed E-state index contributed by atoms with van der Waals surface area (Å²) in [4.78, 5) is 15.7. The Balaban J connectivity index is 1.50. The zero-order valence-electron chi connectivity index (χ0n) is 11.9. The average Bonchev–Trinajstić information content (AvgIpc) is 3.22. The predicted molar refractivity (Wildman–Crippen MR) is 84.4 cm³/mol. The molecule has 1 fully saturated rings. The maximum Gasteiger partial charge on any atom is 0.226 e. The van der Waals surface area contributed by atoms with Gasteiger partial charge in [0.05, 0.1) is 19.6 Å². The van der Waals surface area contributed by atoms with Crippen molar-refractivity contribution in [3.63, 3.8) is 0 Å². The average molecular weight is 301 g/mol.